The molecule has 1 fully saturated rings. The Morgan fingerprint density at radius 3 is 2.55 bits per heavy atom. The Morgan fingerprint density at radius 1 is 1.35 bits per heavy atom. The van der Waals surface area contributed by atoms with Gasteiger partial charge in [0, 0.05) is 18.1 Å². The second kappa shape index (κ2) is 6.42. The Balaban J connectivity index is 2.00. The van der Waals surface area contributed by atoms with Gasteiger partial charge in [0.05, 0.1) is 5.02 Å². The van der Waals surface area contributed by atoms with Crippen LogP contribution in [0.4, 0.5) is 4.39 Å². The van der Waals surface area contributed by atoms with E-state index in [1.54, 1.807) is 12.1 Å². The van der Waals surface area contributed by atoms with Gasteiger partial charge < -0.3 is 10.2 Å². The van der Waals surface area contributed by atoms with Crippen LogP contribution in [0.5, 0.6) is 0 Å². The summed E-state index contributed by atoms with van der Waals surface area (Å²) in [5, 5.41) is 3.78. The molecule has 0 radical (unpaired) electrons. The number of halogens is 2. The molecule has 1 aliphatic rings. The van der Waals surface area contributed by atoms with Crippen molar-refractivity contribution in [2.45, 2.75) is 44.2 Å². The minimum Gasteiger partial charge on any atom is -0.308 e. The summed E-state index contributed by atoms with van der Waals surface area (Å²) in [6.07, 6.45) is 5.08. The zero-order valence-corrected chi connectivity index (χ0v) is 13.3. The van der Waals surface area contributed by atoms with Crippen LogP contribution in [0.2, 0.25) is 5.02 Å². The van der Waals surface area contributed by atoms with E-state index in [1.807, 2.05) is 0 Å². The van der Waals surface area contributed by atoms with E-state index in [9.17, 15) is 4.39 Å². The van der Waals surface area contributed by atoms with Crippen LogP contribution in [0.25, 0.3) is 0 Å². The highest BCUT2D eigenvalue weighted by atomic mass is 35.5. The van der Waals surface area contributed by atoms with E-state index in [0.717, 1.165) is 12.1 Å². The van der Waals surface area contributed by atoms with E-state index < -0.39 is 0 Å². The molecule has 0 heterocycles. The van der Waals surface area contributed by atoms with Crippen LogP contribution < -0.4 is 5.32 Å². The summed E-state index contributed by atoms with van der Waals surface area (Å²) in [4.78, 5) is 2.34. The van der Waals surface area contributed by atoms with E-state index in [1.165, 1.54) is 31.7 Å². The van der Waals surface area contributed by atoms with Crippen LogP contribution in [-0.4, -0.2) is 31.1 Å². The molecule has 0 bridgehead atoms. The van der Waals surface area contributed by atoms with E-state index in [0.29, 0.717) is 0 Å². The van der Waals surface area contributed by atoms with Gasteiger partial charge in [0.2, 0.25) is 0 Å². The first-order chi connectivity index (χ1) is 9.44. The van der Waals surface area contributed by atoms with Crippen LogP contribution >= 0.6 is 11.6 Å². The van der Waals surface area contributed by atoms with Crippen molar-refractivity contribution in [1.82, 2.24) is 10.2 Å². The smallest absolute Gasteiger partial charge is 0.141 e. The second-order valence-electron chi connectivity index (χ2n) is 6.10. The summed E-state index contributed by atoms with van der Waals surface area (Å²) in [6, 6.07) is 5.12. The fourth-order valence-corrected chi connectivity index (χ4v) is 3.25. The molecule has 1 aliphatic carbocycles. The summed E-state index contributed by atoms with van der Waals surface area (Å²) in [5.41, 5.74) is 1.29. The molecule has 0 aromatic heterocycles. The molecule has 112 valence electrons. The van der Waals surface area contributed by atoms with Crippen molar-refractivity contribution in [2.24, 2.45) is 0 Å². The highest BCUT2D eigenvalue weighted by Crippen LogP contribution is 2.33. The van der Waals surface area contributed by atoms with Crippen molar-refractivity contribution >= 4 is 11.6 Å². The molecule has 2 nitrogen and oxygen atoms in total. The topological polar surface area (TPSA) is 15.3 Å². The Hall–Kier alpha value is -0.640. The van der Waals surface area contributed by atoms with Crippen LogP contribution in [0.15, 0.2) is 18.2 Å². The van der Waals surface area contributed by atoms with Gasteiger partial charge in [0.25, 0.3) is 0 Å². The highest BCUT2D eigenvalue weighted by molar-refractivity contribution is 6.30. The molecule has 1 atom stereocenters. The summed E-state index contributed by atoms with van der Waals surface area (Å²) >= 11 is 5.85. The molecule has 0 amide bonds. The van der Waals surface area contributed by atoms with Crippen molar-refractivity contribution in [2.75, 3.05) is 20.6 Å². The van der Waals surface area contributed by atoms with Crippen LogP contribution in [0, 0.1) is 5.82 Å². The number of hydrogen-bond donors (Lipinski definition) is 1. The summed E-state index contributed by atoms with van der Waals surface area (Å²) in [6.45, 7) is 3.05. The lowest BCUT2D eigenvalue weighted by Gasteiger charge is -2.37. The van der Waals surface area contributed by atoms with Crippen molar-refractivity contribution in [3.05, 3.63) is 34.6 Å². The van der Waals surface area contributed by atoms with Crippen LogP contribution in [0.3, 0.4) is 0 Å². The molecule has 1 aromatic rings. The average molecular weight is 299 g/mol. The van der Waals surface area contributed by atoms with E-state index in [-0.39, 0.29) is 22.4 Å². The van der Waals surface area contributed by atoms with E-state index in [4.69, 9.17) is 11.6 Å². The summed E-state index contributed by atoms with van der Waals surface area (Å²) in [5.74, 6) is -0.358. The van der Waals surface area contributed by atoms with Crippen molar-refractivity contribution in [1.29, 1.82) is 0 Å². The Labute approximate surface area is 126 Å². The fourth-order valence-electron chi connectivity index (χ4n) is 3.06. The number of rotatable bonds is 5. The fraction of sp³-hybridized carbons (Fsp3) is 0.625. The predicted octanol–water partition coefficient (Wildman–Crippen LogP) is 4.00. The Kier molecular flexibility index (Phi) is 5.05. The number of nitrogens with one attached hydrogen (secondary N) is 1. The van der Waals surface area contributed by atoms with Crippen LogP contribution in [0.1, 0.15) is 44.2 Å². The first-order valence-corrected chi connectivity index (χ1v) is 7.68. The summed E-state index contributed by atoms with van der Waals surface area (Å²) in [7, 11) is 4.32. The highest BCUT2D eigenvalue weighted by Gasteiger charge is 2.35. The van der Waals surface area contributed by atoms with Crippen molar-refractivity contribution in [3.63, 3.8) is 0 Å². The summed E-state index contributed by atoms with van der Waals surface area (Å²) < 4.78 is 13.2. The minimum atomic E-state index is -0.358. The maximum atomic E-state index is 13.2. The molecule has 0 saturated heterocycles. The zero-order valence-electron chi connectivity index (χ0n) is 12.5. The van der Waals surface area contributed by atoms with Gasteiger partial charge >= 0.3 is 0 Å². The lowest BCUT2D eigenvalue weighted by molar-refractivity contribution is 0.150. The molecule has 4 heteroatoms. The Morgan fingerprint density at radius 2 is 2.00 bits per heavy atom. The van der Waals surface area contributed by atoms with E-state index in [2.05, 4.69) is 31.2 Å². The average Bonchev–Trinajstić information content (AvgIpc) is 2.89. The van der Waals surface area contributed by atoms with Gasteiger partial charge in [-0.15, -0.1) is 0 Å². The lowest BCUT2D eigenvalue weighted by atomic mass is 9.95. The van der Waals surface area contributed by atoms with Crippen molar-refractivity contribution in [3.8, 4) is 0 Å². The molecule has 0 spiro atoms. The Bertz CT molecular complexity index is 456. The minimum absolute atomic E-state index is 0.172. The third-order valence-corrected chi connectivity index (χ3v) is 4.95. The molecular formula is C16H24ClFN2. The van der Waals surface area contributed by atoms with Gasteiger partial charge in [0.1, 0.15) is 5.82 Å². The maximum absolute atomic E-state index is 13.2. The third-order valence-electron chi connectivity index (χ3n) is 4.66. The molecular weight excluding hydrogens is 275 g/mol. The molecule has 20 heavy (non-hydrogen) atoms. The number of nitrogens with zero attached hydrogens (tertiary/aromatic N) is 1. The van der Waals surface area contributed by atoms with Crippen LogP contribution in [-0.2, 0) is 0 Å². The number of benzene rings is 1. The molecule has 1 saturated carbocycles. The second-order valence-corrected chi connectivity index (χ2v) is 6.51. The van der Waals surface area contributed by atoms with Gasteiger partial charge in [-0.3, -0.25) is 0 Å². The predicted molar refractivity (Wildman–Crippen MR) is 82.7 cm³/mol. The largest absolute Gasteiger partial charge is 0.308 e. The molecule has 1 N–H and O–H groups in total. The van der Waals surface area contributed by atoms with E-state index >= 15 is 0 Å². The maximum Gasteiger partial charge on any atom is 0.141 e. The first-order valence-electron chi connectivity index (χ1n) is 7.30. The lowest BCUT2D eigenvalue weighted by Crippen LogP contribution is -2.50. The standard InChI is InChI=1S/C16H24ClFN2/c1-12(13-6-7-15(18)14(17)10-13)19-11-16(20(2)3)8-4-5-9-16/h6-7,10,12,19H,4-5,8-9,11H2,1-3H3. The SMILES string of the molecule is CC(NCC1(N(C)C)CCCC1)c1ccc(F)c(Cl)c1. The van der Waals surface area contributed by atoms with Gasteiger partial charge in [-0.2, -0.15) is 0 Å². The number of likely N-dealkylation sites (N-methyl/N-ethyl adjacent to an activating group) is 1. The third kappa shape index (κ3) is 3.33. The monoisotopic (exact) mass is 298 g/mol. The quantitative estimate of drug-likeness (QED) is 0.884. The molecule has 1 unspecified atom stereocenters. The molecule has 0 aliphatic heterocycles. The van der Waals surface area contributed by atoms with Gasteiger partial charge in [-0.25, -0.2) is 4.39 Å². The molecule has 1 aromatic carbocycles. The van der Waals surface area contributed by atoms with Gasteiger partial charge in [-0.1, -0.05) is 30.5 Å². The number of hydrogen-bond acceptors (Lipinski definition) is 2. The van der Waals surface area contributed by atoms with Crippen molar-refractivity contribution < 1.29 is 4.39 Å². The first kappa shape index (κ1) is 15.7. The van der Waals surface area contributed by atoms with Gasteiger partial charge in [-0.05, 0) is 51.6 Å². The zero-order chi connectivity index (χ0) is 14.8. The normalized spacial score (nSPS) is 19.5. The van der Waals surface area contributed by atoms with Gasteiger partial charge in [0.15, 0.2) is 0 Å². The molecule has 2 rings (SSSR count).